The Morgan fingerprint density at radius 2 is 2.21 bits per heavy atom. The van der Waals surface area contributed by atoms with Gasteiger partial charge in [-0.3, -0.25) is 0 Å². The van der Waals surface area contributed by atoms with Crippen LogP contribution in [-0.2, 0) is 0 Å². The second kappa shape index (κ2) is 6.46. The molecule has 4 nitrogen and oxygen atoms in total. The molecule has 3 N–H and O–H groups in total. The quantitative estimate of drug-likeness (QED) is 0.785. The Morgan fingerprint density at radius 1 is 1.42 bits per heavy atom. The van der Waals surface area contributed by atoms with Gasteiger partial charge in [0.25, 0.3) is 0 Å². The molecule has 2 amide bonds. The fraction of sp³-hybridized carbons (Fsp3) is 0.462. The van der Waals surface area contributed by atoms with E-state index in [1.165, 1.54) is 0 Å². The van der Waals surface area contributed by atoms with Crippen molar-refractivity contribution in [3.05, 3.63) is 28.2 Å². The maximum absolute atomic E-state index is 11.9. The predicted octanol–water partition coefficient (Wildman–Crippen LogP) is 3.26. The van der Waals surface area contributed by atoms with Crippen LogP contribution in [0.5, 0.6) is 0 Å². The summed E-state index contributed by atoms with van der Waals surface area (Å²) in [5, 5.41) is 10.0. The van der Waals surface area contributed by atoms with Gasteiger partial charge in [-0.2, -0.15) is 0 Å². The molecule has 2 atom stereocenters. The Kier molecular flexibility index (Phi) is 4.91. The third kappa shape index (κ3) is 4.27. The highest BCUT2D eigenvalue weighted by Crippen LogP contribution is 2.25. The molecule has 0 saturated carbocycles. The number of rotatable bonds is 2. The van der Waals surface area contributed by atoms with E-state index in [-0.39, 0.29) is 12.1 Å². The van der Waals surface area contributed by atoms with E-state index in [9.17, 15) is 4.79 Å². The standard InChI is InChI=1S/C13H17Cl2N3O/c1-8-6-10(4-5-16-8)17-13(19)18-12-7-9(14)2-3-11(12)15/h2-3,7-8,10,16H,4-6H2,1H3,(H2,17,18,19). The number of carbonyl (C=O) groups excluding carboxylic acids is 1. The van der Waals surface area contributed by atoms with Gasteiger partial charge in [-0.1, -0.05) is 23.2 Å². The molecule has 1 heterocycles. The normalized spacial score (nSPS) is 22.9. The number of urea groups is 1. The Morgan fingerprint density at radius 3 is 2.95 bits per heavy atom. The number of anilines is 1. The van der Waals surface area contributed by atoms with E-state index in [4.69, 9.17) is 23.2 Å². The second-order valence-corrected chi connectivity index (χ2v) is 5.64. The van der Waals surface area contributed by atoms with Crippen LogP contribution in [0.4, 0.5) is 10.5 Å². The van der Waals surface area contributed by atoms with Gasteiger partial charge in [-0.15, -0.1) is 0 Å². The molecule has 1 saturated heterocycles. The Labute approximate surface area is 122 Å². The summed E-state index contributed by atoms with van der Waals surface area (Å²) in [6.45, 7) is 3.03. The summed E-state index contributed by atoms with van der Waals surface area (Å²) in [5.41, 5.74) is 0.522. The molecule has 0 aromatic heterocycles. The molecular formula is C13H17Cl2N3O. The zero-order valence-corrected chi connectivity index (χ0v) is 12.2. The van der Waals surface area contributed by atoms with Crippen LogP contribution in [-0.4, -0.2) is 24.7 Å². The molecule has 104 valence electrons. The van der Waals surface area contributed by atoms with Crippen LogP contribution < -0.4 is 16.0 Å². The van der Waals surface area contributed by atoms with Crippen LogP contribution in [0.25, 0.3) is 0 Å². The van der Waals surface area contributed by atoms with E-state index in [0.717, 1.165) is 19.4 Å². The van der Waals surface area contributed by atoms with Gasteiger partial charge in [0.2, 0.25) is 0 Å². The highest BCUT2D eigenvalue weighted by Gasteiger charge is 2.20. The summed E-state index contributed by atoms with van der Waals surface area (Å²) in [7, 11) is 0. The van der Waals surface area contributed by atoms with Crippen LogP contribution in [0.3, 0.4) is 0 Å². The lowest BCUT2D eigenvalue weighted by Gasteiger charge is -2.28. The van der Waals surface area contributed by atoms with Gasteiger partial charge in [0.15, 0.2) is 0 Å². The molecule has 1 aromatic carbocycles. The zero-order chi connectivity index (χ0) is 13.8. The van der Waals surface area contributed by atoms with E-state index >= 15 is 0 Å². The number of piperidine rings is 1. The van der Waals surface area contributed by atoms with Crippen molar-refractivity contribution < 1.29 is 4.79 Å². The van der Waals surface area contributed by atoms with E-state index in [2.05, 4.69) is 22.9 Å². The van der Waals surface area contributed by atoms with Gasteiger partial charge >= 0.3 is 6.03 Å². The van der Waals surface area contributed by atoms with Gasteiger partial charge in [0.1, 0.15) is 0 Å². The first-order valence-corrected chi connectivity index (χ1v) is 7.06. The second-order valence-electron chi connectivity index (χ2n) is 4.80. The number of hydrogen-bond acceptors (Lipinski definition) is 2. The maximum atomic E-state index is 11.9. The summed E-state index contributed by atoms with van der Waals surface area (Å²) in [4.78, 5) is 11.9. The first-order valence-electron chi connectivity index (χ1n) is 6.30. The summed E-state index contributed by atoms with van der Waals surface area (Å²) in [5.74, 6) is 0. The number of nitrogens with one attached hydrogen (secondary N) is 3. The first kappa shape index (κ1) is 14.4. The molecule has 0 bridgehead atoms. The molecule has 2 rings (SSSR count). The van der Waals surface area contributed by atoms with E-state index < -0.39 is 0 Å². The predicted molar refractivity (Wildman–Crippen MR) is 79.1 cm³/mol. The molecule has 1 aliphatic heterocycles. The van der Waals surface area contributed by atoms with Crippen molar-refractivity contribution in [2.75, 3.05) is 11.9 Å². The highest BCUT2D eigenvalue weighted by molar-refractivity contribution is 6.35. The molecule has 6 heteroatoms. The number of halogens is 2. The van der Waals surface area contributed by atoms with Gasteiger partial charge in [0, 0.05) is 17.1 Å². The molecule has 1 aliphatic rings. The van der Waals surface area contributed by atoms with Crippen LogP contribution >= 0.6 is 23.2 Å². The fourth-order valence-electron chi connectivity index (χ4n) is 2.20. The molecule has 2 unspecified atom stereocenters. The van der Waals surface area contributed by atoms with Crippen molar-refractivity contribution in [3.8, 4) is 0 Å². The lowest BCUT2D eigenvalue weighted by Crippen LogP contribution is -2.47. The van der Waals surface area contributed by atoms with Crippen molar-refractivity contribution in [3.63, 3.8) is 0 Å². The van der Waals surface area contributed by atoms with Crippen molar-refractivity contribution in [2.24, 2.45) is 0 Å². The Bertz CT molecular complexity index is 467. The minimum atomic E-state index is -0.247. The number of amides is 2. The number of hydrogen-bond donors (Lipinski definition) is 3. The minimum Gasteiger partial charge on any atom is -0.335 e. The fourth-order valence-corrected chi connectivity index (χ4v) is 2.54. The molecular weight excluding hydrogens is 285 g/mol. The van der Waals surface area contributed by atoms with Crippen molar-refractivity contribution in [1.29, 1.82) is 0 Å². The average Bonchev–Trinajstić information content (AvgIpc) is 2.34. The third-order valence-electron chi connectivity index (χ3n) is 3.14. The molecule has 1 fully saturated rings. The summed E-state index contributed by atoms with van der Waals surface area (Å²) < 4.78 is 0. The van der Waals surface area contributed by atoms with Crippen LogP contribution in [0, 0.1) is 0 Å². The molecule has 19 heavy (non-hydrogen) atoms. The third-order valence-corrected chi connectivity index (χ3v) is 3.70. The Balaban J connectivity index is 1.92. The van der Waals surface area contributed by atoms with Gasteiger partial charge in [-0.05, 0) is 44.5 Å². The Hall–Kier alpha value is -0.970. The van der Waals surface area contributed by atoms with Crippen molar-refractivity contribution in [2.45, 2.75) is 31.8 Å². The number of benzene rings is 1. The van der Waals surface area contributed by atoms with Crippen molar-refractivity contribution >= 4 is 34.9 Å². The van der Waals surface area contributed by atoms with E-state index in [0.29, 0.717) is 21.8 Å². The largest absolute Gasteiger partial charge is 0.335 e. The molecule has 0 aliphatic carbocycles. The van der Waals surface area contributed by atoms with E-state index in [1.807, 2.05) is 0 Å². The zero-order valence-electron chi connectivity index (χ0n) is 10.7. The SMILES string of the molecule is CC1CC(NC(=O)Nc2cc(Cl)ccc2Cl)CCN1. The lowest BCUT2D eigenvalue weighted by molar-refractivity contribution is 0.242. The topological polar surface area (TPSA) is 53.2 Å². The average molecular weight is 302 g/mol. The molecule has 0 radical (unpaired) electrons. The molecule has 1 aromatic rings. The van der Waals surface area contributed by atoms with Gasteiger partial charge in [-0.25, -0.2) is 4.79 Å². The van der Waals surface area contributed by atoms with Crippen molar-refractivity contribution in [1.82, 2.24) is 10.6 Å². The monoisotopic (exact) mass is 301 g/mol. The smallest absolute Gasteiger partial charge is 0.319 e. The van der Waals surface area contributed by atoms with E-state index in [1.54, 1.807) is 18.2 Å². The lowest BCUT2D eigenvalue weighted by atomic mass is 10.0. The summed E-state index contributed by atoms with van der Waals surface area (Å²) in [6.07, 6.45) is 1.86. The first-order chi connectivity index (χ1) is 9.04. The molecule has 0 spiro atoms. The highest BCUT2D eigenvalue weighted by atomic mass is 35.5. The van der Waals surface area contributed by atoms with Crippen LogP contribution in [0.1, 0.15) is 19.8 Å². The van der Waals surface area contributed by atoms with Gasteiger partial charge in [0.05, 0.1) is 10.7 Å². The van der Waals surface area contributed by atoms with Gasteiger partial charge < -0.3 is 16.0 Å². The van der Waals surface area contributed by atoms with Crippen LogP contribution in [0.15, 0.2) is 18.2 Å². The minimum absolute atomic E-state index is 0.189. The summed E-state index contributed by atoms with van der Waals surface area (Å²) in [6, 6.07) is 5.34. The maximum Gasteiger partial charge on any atom is 0.319 e. The van der Waals surface area contributed by atoms with Crippen LogP contribution in [0.2, 0.25) is 10.0 Å². The number of carbonyl (C=O) groups is 1. The summed E-state index contributed by atoms with van der Waals surface area (Å²) >= 11 is 11.9.